The molecular weight excluding hydrogens is 340 g/mol. The molecule has 3 rings (SSSR count). The molecule has 1 saturated carbocycles. The molecule has 1 heterocycles. The summed E-state index contributed by atoms with van der Waals surface area (Å²) in [4.78, 5) is 4.49. The van der Waals surface area contributed by atoms with Crippen molar-refractivity contribution in [2.45, 2.75) is 44.2 Å². The lowest BCUT2D eigenvalue weighted by atomic mass is 9.96. The molecule has 0 amide bonds. The molecule has 0 saturated heterocycles. The first-order valence-corrected chi connectivity index (χ1v) is 9.22. The molecule has 6 heteroatoms. The van der Waals surface area contributed by atoms with Crippen molar-refractivity contribution in [3.63, 3.8) is 0 Å². The molecule has 1 aliphatic carbocycles. The van der Waals surface area contributed by atoms with Crippen LogP contribution in [0.3, 0.4) is 0 Å². The van der Waals surface area contributed by atoms with Crippen molar-refractivity contribution in [3.8, 4) is 0 Å². The molecule has 0 unspecified atom stereocenters. The second-order valence-corrected chi connectivity index (χ2v) is 7.18. The van der Waals surface area contributed by atoms with Crippen LogP contribution >= 0.6 is 23.8 Å². The van der Waals surface area contributed by atoms with Crippen molar-refractivity contribution in [3.05, 3.63) is 53.1 Å². The lowest BCUT2D eigenvalue weighted by Gasteiger charge is -2.27. The molecule has 1 aliphatic rings. The number of aryl methyl sites for hydroxylation is 1. The van der Waals surface area contributed by atoms with Crippen molar-refractivity contribution < 1.29 is 0 Å². The maximum atomic E-state index is 6.03. The molecule has 128 valence electrons. The summed E-state index contributed by atoms with van der Waals surface area (Å²) in [5.41, 5.74) is 1.08. The van der Waals surface area contributed by atoms with Gasteiger partial charge in [-0.15, -0.1) is 0 Å². The summed E-state index contributed by atoms with van der Waals surface area (Å²) in [6, 6.07) is 8.19. The van der Waals surface area contributed by atoms with Crippen LogP contribution in [0.25, 0.3) is 0 Å². The van der Waals surface area contributed by atoms with Crippen LogP contribution in [-0.2, 0) is 7.05 Å². The Morgan fingerprint density at radius 1 is 1.25 bits per heavy atom. The van der Waals surface area contributed by atoms with Gasteiger partial charge in [0, 0.05) is 30.5 Å². The van der Waals surface area contributed by atoms with Gasteiger partial charge in [-0.25, -0.2) is 4.98 Å². The van der Waals surface area contributed by atoms with Gasteiger partial charge in [0.2, 0.25) is 0 Å². The van der Waals surface area contributed by atoms with Crippen LogP contribution in [0.1, 0.15) is 49.5 Å². The lowest BCUT2D eigenvalue weighted by molar-refractivity contribution is 0.411. The third kappa shape index (κ3) is 4.28. The SMILES string of the molecule is Cn1ccnc1[C@H](NC(=S)NC1CCCCC1)c1ccc(Cl)cc1. The van der Waals surface area contributed by atoms with E-state index in [9.17, 15) is 0 Å². The Bertz CT molecular complexity index is 677. The van der Waals surface area contributed by atoms with Gasteiger partial charge in [-0.1, -0.05) is 43.0 Å². The zero-order valence-electron chi connectivity index (χ0n) is 13.8. The smallest absolute Gasteiger partial charge is 0.167 e. The first kappa shape index (κ1) is 17.2. The first-order valence-electron chi connectivity index (χ1n) is 8.43. The van der Waals surface area contributed by atoms with Gasteiger partial charge in [-0.2, -0.15) is 0 Å². The van der Waals surface area contributed by atoms with E-state index in [0.717, 1.165) is 16.4 Å². The Labute approximate surface area is 153 Å². The number of imidazole rings is 1. The van der Waals surface area contributed by atoms with Gasteiger partial charge >= 0.3 is 0 Å². The molecule has 0 radical (unpaired) electrons. The Hall–Kier alpha value is -1.59. The Balaban J connectivity index is 1.76. The highest BCUT2D eigenvalue weighted by molar-refractivity contribution is 7.80. The zero-order chi connectivity index (χ0) is 16.9. The van der Waals surface area contributed by atoms with Crippen LogP contribution in [0.5, 0.6) is 0 Å². The zero-order valence-corrected chi connectivity index (χ0v) is 15.4. The van der Waals surface area contributed by atoms with E-state index in [1.807, 2.05) is 42.1 Å². The number of rotatable bonds is 4. The van der Waals surface area contributed by atoms with Crippen LogP contribution in [0.2, 0.25) is 5.02 Å². The molecule has 24 heavy (non-hydrogen) atoms. The van der Waals surface area contributed by atoms with Crippen LogP contribution in [0.4, 0.5) is 0 Å². The summed E-state index contributed by atoms with van der Waals surface area (Å²) in [7, 11) is 1.99. The molecule has 2 N–H and O–H groups in total. The second-order valence-electron chi connectivity index (χ2n) is 6.33. The Kier molecular flexibility index (Phi) is 5.74. The summed E-state index contributed by atoms with van der Waals surface area (Å²) in [6.07, 6.45) is 10.0. The molecule has 4 nitrogen and oxygen atoms in total. The predicted octanol–water partition coefficient (Wildman–Crippen LogP) is 3.96. The van der Waals surface area contributed by atoms with E-state index >= 15 is 0 Å². The topological polar surface area (TPSA) is 41.9 Å². The van der Waals surface area contributed by atoms with Crippen molar-refractivity contribution in [2.75, 3.05) is 0 Å². The van der Waals surface area contributed by atoms with Gasteiger partial charge < -0.3 is 15.2 Å². The molecule has 0 bridgehead atoms. The number of hydrogen-bond acceptors (Lipinski definition) is 2. The number of nitrogens with zero attached hydrogens (tertiary/aromatic N) is 2. The van der Waals surface area contributed by atoms with Gasteiger partial charge in [0.15, 0.2) is 5.11 Å². The van der Waals surface area contributed by atoms with Crippen LogP contribution in [-0.4, -0.2) is 20.7 Å². The molecule has 0 aliphatic heterocycles. The van der Waals surface area contributed by atoms with E-state index in [0.29, 0.717) is 11.2 Å². The summed E-state index contributed by atoms with van der Waals surface area (Å²) in [6.45, 7) is 0. The quantitative estimate of drug-likeness (QED) is 0.808. The summed E-state index contributed by atoms with van der Waals surface area (Å²) in [5.74, 6) is 0.921. The van der Waals surface area contributed by atoms with Crippen LogP contribution < -0.4 is 10.6 Å². The highest BCUT2D eigenvalue weighted by atomic mass is 35.5. The van der Waals surface area contributed by atoms with Crippen molar-refractivity contribution in [2.24, 2.45) is 7.05 Å². The fourth-order valence-corrected chi connectivity index (χ4v) is 3.62. The lowest BCUT2D eigenvalue weighted by Crippen LogP contribution is -2.44. The summed E-state index contributed by atoms with van der Waals surface area (Å²) >= 11 is 11.6. The molecule has 1 atom stereocenters. The minimum absolute atomic E-state index is 0.106. The van der Waals surface area contributed by atoms with Gasteiger partial charge in [-0.05, 0) is 42.8 Å². The molecular formula is C18H23ClN4S. The average molecular weight is 363 g/mol. The van der Waals surface area contributed by atoms with Gasteiger partial charge in [-0.3, -0.25) is 0 Å². The van der Waals surface area contributed by atoms with Crippen molar-refractivity contribution in [1.82, 2.24) is 20.2 Å². The normalized spacial score (nSPS) is 16.6. The maximum Gasteiger partial charge on any atom is 0.167 e. The number of hydrogen-bond donors (Lipinski definition) is 2. The average Bonchev–Trinajstić information content (AvgIpc) is 3.00. The number of aromatic nitrogens is 2. The largest absolute Gasteiger partial charge is 0.360 e. The molecule has 0 spiro atoms. The minimum atomic E-state index is -0.106. The van der Waals surface area contributed by atoms with E-state index in [4.69, 9.17) is 23.8 Å². The van der Waals surface area contributed by atoms with E-state index in [2.05, 4.69) is 15.6 Å². The third-order valence-electron chi connectivity index (χ3n) is 4.54. The molecule has 1 aromatic heterocycles. The highest BCUT2D eigenvalue weighted by Gasteiger charge is 2.21. The van der Waals surface area contributed by atoms with Crippen molar-refractivity contribution >= 4 is 28.9 Å². The fourth-order valence-electron chi connectivity index (χ4n) is 3.21. The number of benzene rings is 1. The summed E-state index contributed by atoms with van der Waals surface area (Å²) in [5, 5.41) is 8.31. The maximum absolute atomic E-state index is 6.03. The highest BCUT2D eigenvalue weighted by Crippen LogP contribution is 2.23. The molecule has 1 aromatic carbocycles. The Morgan fingerprint density at radius 2 is 1.96 bits per heavy atom. The van der Waals surface area contributed by atoms with E-state index in [1.54, 1.807) is 6.20 Å². The summed E-state index contributed by atoms with van der Waals surface area (Å²) < 4.78 is 2.01. The van der Waals surface area contributed by atoms with E-state index < -0.39 is 0 Å². The van der Waals surface area contributed by atoms with Crippen molar-refractivity contribution in [1.29, 1.82) is 0 Å². The van der Waals surface area contributed by atoms with Gasteiger partial charge in [0.25, 0.3) is 0 Å². The van der Waals surface area contributed by atoms with Gasteiger partial charge in [0.1, 0.15) is 11.9 Å². The van der Waals surface area contributed by atoms with E-state index in [-0.39, 0.29) is 6.04 Å². The molecule has 1 fully saturated rings. The first-order chi connectivity index (χ1) is 11.6. The fraction of sp³-hybridized carbons (Fsp3) is 0.444. The third-order valence-corrected chi connectivity index (χ3v) is 5.02. The van der Waals surface area contributed by atoms with Crippen LogP contribution in [0.15, 0.2) is 36.7 Å². The predicted molar refractivity (Wildman–Crippen MR) is 102 cm³/mol. The van der Waals surface area contributed by atoms with E-state index in [1.165, 1.54) is 32.1 Å². The minimum Gasteiger partial charge on any atom is -0.360 e. The standard InChI is InChI=1S/C18H23ClN4S/c1-23-12-11-20-17(23)16(13-7-9-14(19)10-8-13)22-18(24)21-15-5-3-2-4-6-15/h7-12,15-16H,2-6H2,1H3,(H2,21,22,24)/t16-/m1/s1. The number of halogens is 1. The molecule has 2 aromatic rings. The van der Waals surface area contributed by atoms with Crippen LogP contribution in [0, 0.1) is 0 Å². The van der Waals surface area contributed by atoms with Gasteiger partial charge in [0.05, 0.1) is 0 Å². The number of thiocarbonyl (C=S) groups is 1. The second kappa shape index (κ2) is 7.99. The number of nitrogens with one attached hydrogen (secondary N) is 2. The Morgan fingerprint density at radius 3 is 2.58 bits per heavy atom. The monoisotopic (exact) mass is 362 g/mol.